The topological polar surface area (TPSA) is 62.1 Å². The average molecular weight is 391 g/mol. The predicted molar refractivity (Wildman–Crippen MR) is 103 cm³/mol. The summed E-state index contributed by atoms with van der Waals surface area (Å²) in [6, 6.07) is 6.15. The van der Waals surface area contributed by atoms with Crippen LogP contribution in [0.2, 0.25) is 5.02 Å². The Morgan fingerprint density at radius 2 is 2.07 bits per heavy atom. The van der Waals surface area contributed by atoms with Gasteiger partial charge in [-0.25, -0.2) is 9.18 Å². The summed E-state index contributed by atoms with van der Waals surface area (Å²) in [4.78, 5) is 13.0. The van der Waals surface area contributed by atoms with E-state index in [4.69, 9.17) is 16.3 Å². The molecule has 0 aromatic heterocycles. The van der Waals surface area contributed by atoms with Gasteiger partial charge in [-0.3, -0.25) is 0 Å². The Hall–Kier alpha value is -2.32. The molecule has 1 aromatic carbocycles. The van der Waals surface area contributed by atoms with E-state index in [2.05, 4.69) is 11.4 Å². The fraction of sp³-hybridized carbons (Fsp3) is 0.429. The second kappa shape index (κ2) is 8.14. The second-order valence-corrected chi connectivity index (χ2v) is 8.16. The van der Waals surface area contributed by atoms with Crippen LogP contribution in [-0.2, 0) is 9.53 Å². The molecule has 27 heavy (non-hydrogen) atoms. The lowest BCUT2D eigenvalue weighted by Crippen LogP contribution is -2.31. The van der Waals surface area contributed by atoms with Crippen molar-refractivity contribution >= 4 is 17.6 Å². The summed E-state index contributed by atoms with van der Waals surface area (Å²) < 4.78 is 19.1. The van der Waals surface area contributed by atoms with E-state index in [0.717, 1.165) is 0 Å². The van der Waals surface area contributed by atoms with E-state index in [-0.39, 0.29) is 17.0 Å². The van der Waals surface area contributed by atoms with Gasteiger partial charge in [0.2, 0.25) is 0 Å². The third-order valence-corrected chi connectivity index (χ3v) is 4.58. The van der Waals surface area contributed by atoms with Gasteiger partial charge in [-0.1, -0.05) is 45.4 Å². The summed E-state index contributed by atoms with van der Waals surface area (Å²) in [5.74, 6) is -1.68. The molecule has 0 amide bonds. The highest BCUT2D eigenvalue weighted by Gasteiger charge is 2.36. The van der Waals surface area contributed by atoms with Gasteiger partial charge in [0, 0.05) is 16.4 Å². The first kappa shape index (κ1) is 21.0. The molecule has 1 aliphatic rings. The van der Waals surface area contributed by atoms with Gasteiger partial charge < -0.3 is 10.1 Å². The van der Waals surface area contributed by atoms with Crippen molar-refractivity contribution in [2.75, 3.05) is 6.61 Å². The minimum atomic E-state index is -0.702. The third-order valence-electron chi connectivity index (χ3n) is 4.25. The van der Waals surface area contributed by atoms with Crippen molar-refractivity contribution in [1.82, 2.24) is 5.32 Å². The molecule has 1 aromatic rings. The lowest BCUT2D eigenvalue weighted by molar-refractivity contribution is -0.142. The molecule has 0 bridgehead atoms. The number of hydrogen-bond donors (Lipinski definition) is 1. The standard InChI is InChI=1S/C21H24ClFN2O2/c1-6-17-19(20(26)27-11-21(3,4)5)18(15(10-24)12(2)25-17)14-8-7-13(23)9-16(14)22/h7-9,18,25H,6,11H2,1-5H3. The second-order valence-electron chi connectivity index (χ2n) is 7.76. The summed E-state index contributed by atoms with van der Waals surface area (Å²) in [7, 11) is 0. The largest absolute Gasteiger partial charge is 0.462 e. The summed E-state index contributed by atoms with van der Waals surface area (Å²) >= 11 is 6.28. The molecular weight excluding hydrogens is 367 g/mol. The SMILES string of the molecule is CCC1=C(C(=O)OCC(C)(C)C)C(c2ccc(F)cc2Cl)C(C#N)=C(C)N1. The molecule has 6 heteroatoms. The number of benzene rings is 1. The number of nitriles is 1. The minimum Gasteiger partial charge on any atom is -0.462 e. The quantitative estimate of drug-likeness (QED) is 0.716. The zero-order valence-corrected chi connectivity index (χ0v) is 17.0. The predicted octanol–water partition coefficient (Wildman–Crippen LogP) is 5.22. The van der Waals surface area contributed by atoms with Gasteiger partial charge in [0.15, 0.2) is 0 Å². The average Bonchev–Trinajstić information content (AvgIpc) is 2.58. The Bertz CT molecular complexity index is 860. The summed E-state index contributed by atoms with van der Waals surface area (Å²) in [6.45, 7) is 9.82. The molecule has 144 valence electrons. The van der Waals surface area contributed by atoms with E-state index in [1.807, 2.05) is 27.7 Å². The van der Waals surface area contributed by atoms with Crippen molar-refractivity contribution in [3.63, 3.8) is 0 Å². The van der Waals surface area contributed by atoms with Crippen molar-refractivity contribution < 1.29 is 13.9 Å². The van der Waals surface area contributed by atoms with Crippen molar-refractivity contribution in [3.05, 3.63) is 57.1 Å². The molecule has 4 nitrogen and oxygen atoms in total. The molecule has 1 heterocycles. The number of dihydropyridines is 1. The Morgan fingerprint density at radius 1 is 1.41 bits per heavy atom. The van der Waals surface area contributed by atoms with Crippen LogP contribution in [0.4, 0.5) is 4.39 Å². The van der Waals surface area contributed by atoms with Crippen LogP contribution < -0.4 is 5.32 Å². The lowest BCUT2D eigenvalue weighted by Gasteiger charge is -2.30. The van der Waals surface area contributed by atoms with Gasteiger partial charge in [-0.15, -0.1) is 0 Å². The maximum atomic E-state index is 13.5. The van der Waals surface area contributed by atoms with E-state index >= 15 is 0 Å². The number of nitrogens with zero attached hydrogens (tertiary/aromatic N) is 1. The zero-order valence-electron chi connectivity index (χ0n) is 16.2. The van der Waals surface area contributed by atoms with Gasteiger partial charge >= 0.3 is 5.97 Å². The summed E-state index contributed by atoms with van der Waals surface area (Å²) in [5.41, 5.74) is 2.34. The molecule has 2 rings (SSSR count). The zero-order chi connectivity index (χ0) is 20.4. The molecule has 0 fully saturated rings. The summed E-state index contributed by atoms with van der Waals surface area (Å²) in [6.07, 6.45) is 0.547. The van der Waals surface area contributed by atoms with Crippen LogP contribution in [0.3, 0.4) is 0 Å². The van der Waals surface area contributed by atoms with E-state index in [1.165, 1.54) is 18.2 Å². The number of allylic oxidation sites excluding steroid dienone is 3. The lowest BCUT2D eigenvalue weighted by atomic mass is 9.80. The molecule has 1 aliphatic heterocycles. The van der Waals surface area contributed by atoms with Gasteiger partial charge in [0.1, 0.15) is 5.82 Å². The van der Waals surface area contributed by atoms with Crippen LogP contribution in [0.15, 0.2) is 40.7 Å². The van der Waals surface area contributed by atoms with Crippen molar-refractivity contribution in [2.45, 2.75) is 47.0 Å². The Balaban J connectivity index is 2.60. The molecule has 0 saturated heterocycles. The highest BCUT2D eigenvalue weighted by Crippen LogP contribution is 2.41. The number of carbonyl (C=O) groups is 1. The first-order valence-corrected chi connectivity index (χ1v) is 9.19. The van der Waals surface area contributed by atoms with E-state index < -0.39 is 17.7 Å². The Labute approximate surface area is 164 Å². The fourth-order valence-corrected chi connectivity index (χ4v) is 3.25. The maximum absolute atomic E-state index is 13.5. The van der Waals surface area contributed by atoms with Crippen LogP contribution in [0.1, 0.15) is 52.5 Å². The van der Waals surface area contributed by atoms with E-state index in [0.29, 0.717) is 34.5 Å². The van der Waals surface area contributed by atoms with E-state index in [9.17, 15) is 14.4 Å². The Morgan fingerprint density at radius 3 is 2.59 bits per heavy atom. The molecule has 1 atom stereocenters. The highest BCUT2D eigenvalue weighted by molar-refractivity contribution is 6.31. The Kier molecular flexibility index (Phi) is 6.33. The van der Waals surface area contributed by atoms with Crippen LogP contribution in [0.25, 0.3) is 0 Å². The van der Waals surface area contributed by atoms with E-state index in [1.54, 1.807) is 6.92 Å². The number of halogens is 2. The normalized spacial score (nSPS) is 17.5. The molecular formula is C21H24ClFN2O2. The number of nitrogens with one attached hydrogen (secondary N) is 1. The van der Waals surface area contributed by atoms with Crippen LogP contribution >= 0.6 is 11.6 Å². The molecule has 0 radical (unpaired) electrons. The van der Waals surface area contributed by atoms with Crippen LogP contribution in [-0.4, -0.2) is 12.6 Å². The number of carbonyl (C=O) groups excluding carboxylic acids is 1. The number of hydrogen-bond acceptors (Lipinski definition) is 4. The number of rotatable bonds is 4. The smallest absolute Gasteiger partial charge is 0.336 e. The summed E-state index contributed by atoms with van der Waals surface area (Å²) in [5, 5.41) is 13.0. The molecule has 1 unspecified atom stereocenters. The minimum absolute atomic E-state index is 0.166. The van der Waals surface area contributed by atoms with Gasteiger partial charge in [0.25, 0.3) is 0 Å². The van der Waals surface area contributed by atoms with Crippen molar-refractivity contribution in [3.8, 4) is 6.07 Å². The van der Waals surface area contributed by atoms with Crippen molar-refractivity contribution in [2.24, 2.45) is 5.41 Å². The van der Waals surface area contributed by atoms with Crippen molar-refractivity contribution in [1.29, 1.82) is 5.26 Å². The molecule has 0 aliphatic carbocycles. The number of ether oxygens (including phenoxy) is 1. The first-order valence-electron chi connectivity index (χ1n) is 8.82. The molecule has 1 N–H and O–H groups in total. The highest BCUT2D eigenvalue weighted by atomic mass is 35.5. The van der Waals surface area contributed by atoms with Crippen LogP contribution in [0, 0.1) is 22.6 Å². The molecule has 0 saturated carbocycles. The van der Waals surface area contributed by atoms with Gasteiger partial charge in [-0.05, 0) is 36.5 Å². The maximum Gasteiger partial charge on any atom is 0.336 e. The molecule has 0 spiro atoms. The van der Waals surface area contributed by atoms with Crippen LogP contribution in [0.5, 0.6) is 0 Å². The monoisotopic (exact) mass is 390 g/mol. The van der Waals surface area contributed by atoms with Gasteiger partial charge in [-0.2, -0.15) is 5.26 Å². The van der Waals surface area contributed by atoms with Gasteiger partial charge in [0.05, 0.1) is 29.7 Å². The first-order chi connectivity index (χ1) is 12.6. The third kappa shape index (κ3) is 4.70. The number of esters is 1. The fourth-order valence-electron chi connectivity index (χ4n) is 2.97.